The molecule has 0 radical (unpaired) electrons. The Labute approximate surface area is 225 Å². The van der Waals surface area contributed by atoms with Crippen LogP contribution in [0, 0.1) is 11.8 Å². The predicted octanol–water partition coefficient (Wildman–Crippen LogP) is 6.08. The van der Waals surface area contributed by atoms with Crippen molar-refractivity contribution >= 4 is 66.5 Å². The smallest absolute Gasteiger partial charge is 0.256 e. The van der Waals surface area contributed by atoms with E-state index < -0.39 is 17.8 Å². The fourth-order valence-electron chi connectivity index (χ4n) is 4.84. The van der Waals surface area contributed by atoms with Gasteiger partial charge in [0, 0.05) is 26.3 Å². The molecular weight excluding hydrogens is 588 g/mol. The van der Waals surface area contributed by atoms with Gasteiger partial charge in [0.15, 0.2) is 0 Å². The summed E-state index contributed by atoms with van der Waals surface area (Å²) in [5, 5.41) is 22.7. The molecule has 0 aliphatic carbocycles. The van der Waals surface area contributed by atoms with Crippen molar-refractivity contribution in [1.29, 1.82) is 0 Å². The first kappa shape index (κ1) is 24.4. The van der Waals surface area contributed by atoms with Gasteiger partial charge in [-0.1, -0.05) is 50.1 Å². The van der Waals surface area contributed by atoms with Gasteiger partial charge < -0.3 is 5.11 Å². The molecule has 1 N–H and O–H groups in total. The van der Waals surface area contributed by atoms with E-state index in [0.717, 1.165) is 8.95 Å². The van der Waals surface area contributed by atoms with Gasteiger partial charge in [-0.05, 0) is 74.0 Å². The standard InChI is InChI=1S/C27H22Br2N4O3/c1-15-23(26(35)32(30-15)19-11-7-17(28)8-12-19)25(21-5-3-4-6-22(21)34)24-16(2)31-33(27(24)36)20-13-9-18(29)10-14-20/h3-14,23-25,34H,1-2H3. The third kappa shape index (κ3) is 4.26. The van der Waals surface area contributed by atoms with Crippen molar-refractivity contribution in [3.05, 3.63) is 87.3 Å². The molecule has 3 aromatic rings. The van der Waals surface area contributed by atoms with Crippen LogP contribution in [-0.4, -0.2) is 28.3 Å². The van der Waals surface area contributed by atoms with Gasteiger partial charge in [0.05, 0.1) is 23.2 Å². The van der Waals surface area contributed by atoms with E-state index in [2.05, 4.69) is 42.1 Å². The summed E-state index contributed by atoms with van der Waals surface area (Å²) in [7, 11) is 0. The highest BCUT2D eigenvalue weighted by atomic mass is 79.9. The van der Waals surface area contributed by atoms with E-state index >= 15 is 0 Å². The fourth-order valence-corrected chi connectivity index (χ4v) is 5.37. The Bertz CT molecular complexity index is 1320. The minimum Gasteiger partial charge on any atom is -0.508 e. The highest BCUT2D eigenvalue weighted by Crippen LogP contribution is 2.45. The predicted molar refractivity (Wildman–Crippen MR) is 147 cm³/mol. The number of hydrogen-bond donors (Lipinski definition) is 1. The van der Waals surface area contributed by atoms with Crippen LogP contribution in [0.25, 0.3) is 0 Å². The summed E-state index contributed by atoms with van der Waals surface area (Å²) in [6, 6.07) is 21.4. The lowest BCUT2D eigenvalue weighted by Gasteiger charge is -2.29. The molecule has 36 heavy (non-hydrogen) atoms. The van der Waals surface area contributed by atoms with Gasteiger partial charge in [-0.25, -0.2) is 10.0 Å². The number of aromatic hydroxyl groups is 1. The highest BCUT2D eigenvalue weighted by molar-refractivity contribution is 9.10. The minimum absolute atomic E-state index is 0.0212. The second-order valence-corrected chi connectivity index (χ2v) is 10.6. The number of anilines is 2. The molecule has 0 saturated carbocycles. The highest BCUT2D eigenvalue weighted by Gasteiger charge is 2.50. The lowest BCUT2D eigenvalue weighted by atomic mass is 9.72. The van der Waals surface area contributed by atoms with Crippen LogP contribution >= 0.6 is 31.9 Å². The molecule has 0 spiro atoms. The molecule has 2 aliphatic rings. The van der Waals surface area contributed by atoms with E-state index in [9.17, 15) is 14.7 Å². The fraction of sp³-hybridized carbons (Fsp3) is 0.185. The van der Waals surface area contributed by atoms with Crippen LogP contribution in [0.15, 0.2) is 91.9 Å². The summed E-state index contributed by atoms with van der Waals surface area (Å²) in [5.41, 5.74) is 2.90. The topological polar surface area (TPSA) is 85.6 Å². The van der Waals surface area contributed by atoms with E-state index in [-0.39, 0.29) is 17.6 Å². The summed E-state index contributed by atoms with van der Waals surface area (Å²) >= 11 is 6.83. The Balaban J connectivity index is 1.57. The number of phenols is 1. The number of halogens is 2. The molecule has 2 unspecified atom stereocenters. The Hall–Kier alpha value is -3.30. The number of carbonyl (C=O) groups excluding carboxylic acids is 2. The second-order valence-electron chi connectivity index (χ2n) is 8.78. The number of para-hydroxylation sites is 1. The van der Waals surface area contributed by atoms with Crippen LogP contribution in [0.5, 0.6) is 5.75 Å². The zero-order chi connectivity index (χ0) is 25.6. The number of hydrazone groups is 2. The Morgan fingerprint density at radius 1 is 0.722 bits per heavy atom. The maximum atomic E-state index is 13.8. The van der Waals surface area contributed by atoms with Gasteiger partial charge in [0.1, 0.15) is 5.75 Å². The zero-order valence-corrected chi connectivity index (χ0v) is 22.6. The van der Waals surface area contributed by atoms with E-state index in [1.165, 1.54) is 10.0 Å². The van der Waals surface area contributed by atoms with E-state index in [1.807, 2.05) is 24.3 Å². The molecule has 2 heterocycles. The second kappa shape index (κ2) is 9.63. The monoisotopic (exact) mass is 608 g/mol. The van der Waals surface area contributed by atoms with Gasteiger partial charge >= 0.3 is 0 Å². The van der Waals surface area contributed by atoms with Crippen LogP contribution in [0.4, 0.5) is 11.4 Å². The lowest BCUT2D eigenvalue weighted by Crippen LogP contribution is -2.40. The van der Waals surface area contributed by atoms with E-state index in [4.69, 9.17) is 0 Å². The maximum absolute atomic E-state index is 13.8. The number of hydrogen-bond acceptors (Lipinski definition) is 5. The molecule has 0 saturated heterocycles. The van der Waals surface area contributed by atoms with E-state index in [0.29, 0.717) is 28.4 Å². The first-order valence-corrected chi connectivity index (χ1v) is 12.9. The first-order valence-electron chi connectivity index (χ1n) is 11.3. The van der Waals surface area contributed by atoms with Crippen molar-refractivity contribution in [3.63, 3.8) is 0 Å². The van der Waals surface area contributed by atoms with Crippen molar-refractivity contribution < 1.29 is 14.7 Å². The van der Waals surface area contributed by atoms with E-state index in [1.54, 1.807) is 62.4 Å². The van der Waals surface area contributed by atoms with Crippen molar-refractivity contribution in [2.45, 2.75) is 19.8 Å². The molecule has 182 valence electrons. The van der Waals surface area contributed by atoms with Crippen LogP contribution in [0.3, 0.4) is 0 Å². The molecule has 0 aromatic heterocycles. The van der Waals surface area contributed by atoms with Crippen LogP contribution in [0.1, 0.15) is 25.3 Å². The molecule has 2 aliphatic heterocycles. The SMILES string of the molecule is CC1=NN(c2ccc(Br)cc2)C(=O)C1C(c1ccccc1O)C1C(=O)N(c2ccc(Br)cc2)N=C1C. The van der Waals surface area contributed by atoms with Crippen LogP contribution in [0.2, 0.25) is 0 Å². The minimum atomic E-state index is -0.758. The maximum Gasteiger partial charge on any atom is 0.256 e. The van der Waals surface area contributed by atoms with Gasteiger partial charge in [0.2, 0.25) is 0 Å². The van der Waals surface area contributed by atoms with Gasteiger partial charge in [0.25, 0.3) is 11.8 Å². The summed E-state index contributed by atoms with van der Waals surface area (Å²) in [6.45, 7) is 3.57. The molecular formula is C27H22Br2N4O3. The van der Waals surface area contributed by atoms with Crippen LogP contribution in [-0.2, 0) is 9.59 Å². The molecule has 5 rings (SSSR count). The Morgan fingerprint density at radius 2 is 1.14 bits per heavy atom. The van der Waals surface area contributed by atoms with Gasteiger partial charge in [-0.3, -0.25) is 9.59 Å². The molecule has 3 aromatic carbocycles. The quantitative estimate of drug-likeness (QED) is 0.380. The Kier molecular flexibility index (Phi) is 6.53. The average molecular weight is 610 g/mol. The molecule has 0 fully saturated rings. The molecule has 7 nitrogen and oxygen atoms in total. The molecule has 2 atom stereocenters. The van der Waals surface area contributed by atoms with Crippen molar-refractivity contribution in [3.8, 4) is 5.75 Å². The lowest BCUT2D eigenvalue weighted by molar-refractivity contribution is -0.122. The summed E-state index contributed by atoms with van der Waals surface area (Å²) in [5.74, 6) is -2.71. The number of benzene rings is 3. The van der Waals surface area contributed by atoms with Crippen molar-refractivity contribution in [2.75, 3.05) is 10.0 Å². The molecule has 9 heteroatoms. The number of nitrogens with zero attached hydrogens (tertiary/aromatic N) is 4. The molecule has 0 bridgehead atoms. The largest absolute Gasteiger partial charge is 0.508 e. The number of phenolic OH excluding ortho intramolecular Hbond substituents is 1. The third-order valence-corrected chi connectivity index (χ3v) is 7.58. The molecule has 2 amide bonds. The summed E-state index contributed by atoms with van der Waals surface area (Å²) in [4.78, 5) is 27.7. The first-order chi connectivity index (χ1) is 17.3. The van der Waals surface area contributed by atoms with Crippen molar-refractivity contribution in [2.24, 2.45) is 22.0 Å². The number of carbonyl (C=O) groups is 2. The summed E-state index contributed by atoms with van der Waals surface area (Å²) < 4.78 is 1.78. The number of amides is 2. The summed E-state index contributed by atoms with van der Waals surface area (Å²) in [6.07, 6.45) is 0. The van der Waals surface area contributed by atoms with Gasteiger partial charge in [-0.15, -0.1) is 0 Å². The van der Waals surface area contributed by atoms with Crippen molar-refractivity contribution in [1.82, 2.24) is 0 Å². The number of rotatable bonds is 5. The van der Waals surface area contributed by atoms with Gasteiger partial charge in [-0.2, -0.15) is 10.2 Å². The normalized spacial score (nSPS) is 20.6. The average Bonchev–Trinajstić information content (AvgIpc) is 3.32. The zero-order valence-electron chi connectivity index (χ0n) is 19.5. The Morgan fingerprint density at radius 3 is 1.56 bits per heavy atom. The third-order valence-electron chi connectivity index (χ3n) is 6.52. The van der Waals surface area contributed by atoms with Crippen LogP contribution < -0.4 is 10.0 Å².